The van der Waals surface area contributed by atoms with E-state index in [1.165, 1.54) is 70.6 Å². The van der Waals surface area contributed by atoms with E-state index in [-0.39, 0.29) is 6.42 Å². The van der Waals surface area contributed by atoms with Crippen LogP contribution in [0.15, 0.2) is 0 Å². The van der Waals surface area contributed by atoms with Crippen molar-refractivity contribution in [2.24, 2.45) is 0 Å². The number of esters is 1. The summed E-state index contributed by atoms with van der Waals surface area (Å²) in [5.41, 5.74) is 0. The zero-order valence-electron chi connectivity index (χ0n) is 18.4. The molecule has 1 atom stereocenters. The van der Waals surface area contributed by atoms with E-state index in [2.05, 4.69) is 6.92 Å². The van der Waals surface area contributed by atoms with Crippen molar-refractivity contribution in [1.82, 2.24) is 0 Å². The van der Waals surface area contributed by atoms with Crippen molar-refractivity contribution in [3.8, 4) is 0 Å². The van der Waals surface area contributed by atoms with Crippen LogP contribution in [0.2, 0.25) is 0 Å². The molecule has 0 aromatic heterocycles. The third kappa shape index (κ3) is 18.3. The van der Waals surface area contributed by atoms with Crippen LogP contribution < -0.4 is 0 Å². The second kappa shape index (κ2) is 20.6. The molecule has 5 nitrogen and oxygen atoms in total. The van der Waals surface area contributed by atoms with Gasteiger partial charge >= 0.3 is 11.9 Å². The predicted molar refractivity (Wildman–Crippen MR) is 114 cm³/mol. The van der Waals surface area contributed by atoms with E-state index in [0.29, 0.717) is 19.4 Å². The Balaban J connectivity index is 3.50. The maximum atomic E-state index is 11.6. The number of carbonyl (C=O) groups excluding carboxylic acids is 1. The molecular weight excluding hydrogens is 356 g/mol. The van der Waals surface area contributed by atoms with Crippen LogP contribution in [0.4, 0.5) is 0 Å². The van der Waals surface area contributed by atoms with E-state index in [1.54, 1.807) is 7.11 Å². The molecule has 0 spiro atoms. The summed E-state index contributed by atoms with van der Waals surface area (Å²) >= 11 is 0. The summed E-state index contributed by atoms with van der Waals surface area (Å²) in [6.45, 7) is 2.73. The Morgan fingerprint density at radius 2 is 1.21 bits per heavy atom. The number of carboxylic acids is 1. The molecule has 0 aliphatic heterocycles. The number of carboxylic acid groups (broad SMARTS) is 1. The van der Waals surface area contributed by atoms with Crippen LogP contribution in [0.25, 0.3) is 0 Å². The van der Waals surface area contributed by atoms with Crippen LogP contribution in [-0.2, 0) is 19.1 Å². The van der Waals surface area contributed by atoms with Gasteiger partial charge < -0.3 is 14.6 Å². The number of rotatable bonds is 21. The lowest BCUT2D eigenvalue weighted by Gasteiger charge is -2.13. The van der Waals surface area contributed by atoms with E-state index >= 15 is 0 Å². The summed E-state index contributed by atoms with van der Waals surface area (Å²) in [6.07, 6.45) is 17.8. The van der Waals surface area contributed by atoms with Crippen LogP contribution in [-0.4, -0.2) is 36.9 Å². The van der Waals surface area contributed by atoms with Gasteiger partial charge in [0.25, 0.3) is 0 Å². The fraction of sp³-hybridized carbons (Fsp3) is 0.913. The van der Waals surface area contributed by atoms with Crippen molar-refractivity contribution in [3.63, 3.8) is 0 Å². The molecule has 0 aliphatic carbocycles. The topological polar surface area (TPSA) is 72.8 Å². The minimum atomic E-state index is -1.05. The minimum absolute atomic E-state index is 0.205. The van der Waals surface area contributed by atoms with Gasteiger partial charge in [0.1, 0.15) is 0 Å². The van der Waals surface area contributed by atoms with Gasteiger partial charge in [0, 0.05) is 20.1 Å². The van der Waals surface area contributed by atoms with Crippen LogP contribution >= 0.6 is 0 Å². The SMILES string of the molecule is CCCCCCCCCCCCCCCCC(OC(=O)CCCOC)C(=O)O. The number of ether oxygens (including phenoxy) is 2. The molecule has 0 fully saturated rings. The van der Waals surface area contributed by atoms with Crippen molar-refractivity contribution in [2.75, 3.05) is 13.7 Å². The first-order valence-corrected chi connectivity index (χ1v) is 11.5. The Labute approximate surface area is 172 Å². The van der Waals surface area contributed by atoms with Gasteiger partial charge in [0.05, 0.1) is 0 Å². The van der Waals surface area contributed by atoms with E-state index in [0.717, 1.165) is 19.3 Å². The second-order valence-corrected chi connectivity index (χ2v) is 7.80. The highest BCUT2D eigenvalue weighted by atomic mass is 16.6. The van der Waals surface area contributed by atoms with Gasteiger partial charge in [-0.05, 0) is 19.3 Å². The first-order valence-electron chi connectivity index (χ1n) is 11.5. The molecule has 5 heteroatoms. The molecular formula is C23H44O5. The molecule has 166 valence electrons. The zero-order chi connectivity index (χ0) is 20.9. The molecule has 28 heavy (non-hydrogen) atoms. The lowest BCUT2D eigenvalue weighted by molar-refractivity contribution is -0.164. The van der Waals surface area contributed by atoms with Crippen LogP contribution in [0, 0.1) is 0 Å². The molecule has 0 aromatic rings. The van der Waals surface area contributed by atoms with Gasteiger partial charge in [-0.15, -0.1) is 0 Å². The molecule has 1 unspecified atom stereocenters. The van der Waals surface area contributed by atoms with Crippen molar-refractivity contribution >= 4 is 11.9 Å². The quantitative estimate of drug-likeness (QED) is 0.181. The highest BCUT2D eigenvalue weighted by Gasteiger charge is 2.21. The van der Waals surface area contributed by atoms with Gasteiger partial charge in [-0.25, -0.2) is 4.79 Å². The summed E-state index contributed by atoms with van der Waals surface area (Å²) in [6, 6.07) is 0. The van der Waals surface area contributed by atoms with Crippen molar-refractivity contribution in [1.29, 1.82) is 0 Å². The Morgan fingerprint density at radius 1 is 0.750 bits per heavy atom. The normalized spacial score (nSPS) is 12.1. The van der Waals surface area contributed by atoms with Gasteiger partial charge in [0.2, 0.25) is 0 Å². The van der Waals surface area contributed by atoms with Gasteiger partial charge in [-0.2, -0.15) is 0 Å². The Hall–Kier alpha value is -1.10. The maximum absolute atomic E-state index is 11.6. The minimum Gasteiger partial charge on any atom is -0.479 e. The summed E-state index contributed by atoms with van der Waals surface area (Å²) in [5.74, 6) is -1.50. The second-order valence-electron chi connectivity index (χ2n) is 7.80. The standard InChI is InChI=1S/C23H44O5/c1-3-4-5-6-7-8-9-10-11-12-13-14-15-16-18-21(23(25)26)28-22(24)19-17-20-27-2/h21H,3-20H2,1-2H3,(H,25,26). The van der Waals surface area contributed by atoms with E-state index in [9.17, 15) is 14.7 Å². The number of aliphatic carboxylic acids is 1. The molecule has 0 rings (SSSR count). The molecule has 0 amide bonds. The van der Waals surface area contributed by atoms with Crippen LogP contribution in [0.5, 0.6) is 0 Å². The summed E-state index contributed by atoms with van der Waals surface area (Å²) in [4.78, 5) is 22.9. The summed E-state index contributed by atoms with van der Waals surface area (Å²) < 4.78 is 9.96. The number of carbonyl (C=O) groups is 2. The Bertz CT molecular complexity index is 370. The predicted octanol–water partition coefficient (Wildman–Crippen LogP) is 6.28. The van der Waals surface area contributed by atoms with E-state index < -0.39 is 18.0 Å². The Morgan fingerprint density at radius 3 is 1.64 bits per heavy atom. The zero-order valence-corrected chi connectivity index (χ0v) is 18.4. The first-order chi connectivity index (χ1) is 13.6. The number of hydrogen-bond donors (Lipinski definition) is 1. The molecule has 0 aromatic carbocycles. The monoisotopic (exact) mass is 400 g/mol. The highest BCUT2D eigenvalue weighted by molar-refractivity contribution is 5.77. The van der Waals surface area contributed by atoms with E-state index in [4.69, 9.17) is 9.47 Å². The molecule has 0 heterocycles. The maximum Gasteiger partial charge on any atom is 0.345 e. The van der Waals surface area contributed by atoms with Gasteiger partial charge in [-0.1, -0.05) is 90.4 Å². The summed E-state index contributed by atoms with van der Waals surface area (Å²) in [7, 11) is 1.57. The highest BCUT2D eigenvalue weighted by Crippen LogP contribution is 2.14. The third-order valence-electron chi connectivity index (χ3n) is 5.10. The fourth-order valence-electron chi connectivity index (χ4n) is 3.34. The van der Waals surface area contributed by atoms with Crippen molar-refractivity contribution in [2.45, 2.75) is 122 Å². The average Bonchev–Trinajstić information content (AvgIpc) is 2.67. The van der Waals surface area contributed by atoms with Crippen LogP contribution in [0.1, 0.15) is 116 Å². The molecule has 0 saturated heterocycles. The Kier molecular flexibility index (Phi) is 19.8. The summed E-state index contributed by atoms with van der Waals surface area (Å²) in [5, 5.41) is 9.20. The molecule has 0 saturated carbocycles. The van der Waals surface area contributed by atoms with Crippen molar-refractivity contribution in [3.05, 3.63) is 0 Å². The van der Waals surface area contributed by atoms with Gasteiger partial charge in [0.15, 0.2) is 6.10 Å². The molecule has 1 N–H and O–H groups in total. The lowest BCUT2D eigenvalue weighted by atomic mass is 10.0. The molecule has 0 aliphatic rings. The van der Waals surface area contributed by atoms with Crippen LogP contribution in [0.3, 0.4) is 0 Å². The number of hydrogen-bond acceptors (Lipinski definition) is 4. The average molecular weight is 401 g/mol. The fourth-order valence-corrected chi connectivity index (χ4v) is 3.34. The third-order valence-corrected chi connectivity index (χ3v) is 5.10. The lowest BCUT2D eigenvalue weighted by Crippen LogP contribution is -2.27. The molecule has 0 bridgehead atoms. The van der Waals surface area contributed by atoms with E-state index in [1.807, 2.05) is 0 Å². The molecule has 0 radical (unpaired) electrons. The smallest absolute Gasteiger partial charge is 0.345 e. The first kappa shape index (κ1) is 26.9. The largest absolute Gasteiger partial charge is 0.479 e. The number of unbranched alkanes of at least 4 members (excludes halogenated alkanes) is 13. The number of methoxy groups -OCH3 is 1. The van der Waals surface area contributed by atoms with Crippen molar-refractivity contribution < 1.29 is 24.2 Å². The van der Waals surface area contributed by atoms with Gasteiger partial charge in [-0.3, -0.25) is 4.79 Å².